The third-order valence-electron chi connectivity index (χ3n) is 5.52. The lowest BCUT2D eigenvalue weighted by atomic mass is 10.1. The monoisotopic (exact) mass is 420 g/mol. The quantitative estimate of drug-likeness (QED) is 0.195. The molecule has 172 valence electrons. The molecule has 0 saturated heterocycles. The summed E-state index contributed by atoms with van der Waals surface area (Å²) in [6.07, 6.45) is 24.3. The van der Waals surface area contributed by atoms with Gasteiger partial charge in [-0.3, -0.25) is 4.79 Å². The van der Waals surface area contributed by atoms with Gasteiger partial charge in [0.25, 0.3) is 0 Å². The van der Waals surface area contributed by atoms with Crippen molar-refractivity contribution in [3.05, 3.63) is 29.9 Å². The number of nitrogens with zero attached hydrogens (tertiary/aromatic N) is 2. The number of allylic oxidation sites excluding steroid dienone is 2. The highest BCUT2D eigenvalue weighted by atomic mass is 16.4. The van der Waals surface area contributed by atoms with E-state index in [-0.39, 0.29) is 6.54 Å². The van der Waals surface area contributed by atoms with Crippen LogP contribution in [0.15, 0.2) is 18.3 Å². The molecule has 30 heavy (non-hydrogen) atoms. The number of hydrogen-bond acceptors (Lipinski definition) is 3. The van der Waals surface area contributed by atoms with Crippen LogP contribution in [0.3, 0.4) is 0 Å². The molecule has 0 aliphatic carbocycles. The molecule has 0 bridgehead atoms. The van der Waals surface area contributed by atoms with E-state index in [2.05, 4.69) is 24.1 Å². The molecule has 0 amide bonds. The third-order valence-corrected chi connectivity index (χ3v) is 5.52. The maximum atomic E-state index is 11.0. The van der Waals surface area contributed by atoms with Gasteiger partial charge in [0.1, 0.15) is 12.4 Å². The molecular formula is C25H44N2O3. The lowest BCUT2D eigenvalue weighted by molar-refractivity contribution is -0.137. The number of unbranched alkanes of at least 4 members (excludes halogenated alkanes) is 12. The summed E-state index contributed by atoms with van der Waals surface area (Å²) in [5, 5.41) is 18.7. The molecule has 0 aliphatic heterocycles. The van der Waals surface area contributed by atoms with Gasteiger partial charge in [0.05, 0.1) is 11.8 Å². The first-order valence-corrected chi connectivity index (χ1v) is 12.1. The summed E-state index contributed by atoms with van der Waals surface area (Å²) in [4.78, 5) is 15.4. The highest BCUT2D eigenvalue weighted by molar-refractivity contribution is 5.66. The largest absolute Gasteiger partial charge is 0.480 e. The summed E-state index contributed by atoms with van der Waals surface area (Å²) in [7, 11) is 0. The number of aliphatic hydroxyl groups is 1. The van der Waals surface area contributed by atoms with Crippen LogP contribution in [0.5, 0.6) is 0 Å². The molecular weight excluding hydrogens is 376 g/mol. The van der Waals surface area contributed by atoms with Gasteiger partial charge in [-0.2, -0.15) is 0 Å². The average Bonchev–Trinajstić information content (AvgIpc) is 3.10. The van der Waals surface area contributed by atoms with Crippen molar-refractivity contribution < 1.29 is 15.0 Å². The maximum absolute atomic E-state index is 11.0. The molecule has 0 fully saturated rings. The number of imidazole rings is 1. The zero-order valence-corrected chi connectivity index (χ0v) is 19.3. The van der Waals surface area contributed by atoms with E-state index in [1.54, 1.807) is 17.7 Å². The molecule has 0 radical (unpaired) electrons. The van der Waals surface area contributed by atoms with Gasteiger partial charge in [-0.1, -0.05) is 76.9 Å². The lowest BCUT2D eigenvalue weighted by Crippen LogP contribution is -2.11. The summed E-state index contributed by atoms with van der Waals surface area (Å²) in [6, 6.07) is 0. The smallest absolute Gasteiger partial charge is 0.323 e. The average molecular weight is 421 g/mol. The van der Waals surface area contributed by atoms with Crippen molar-refractivity contribution in [3.63, 3.8) is 0 Å². The van der Waals surface area contributed by atoms with E-state index in [1.165, 1.54) is 77.0 Å². The summed E-state index contributed by atoms with van der Waals surface area (Å²) >= 11 is 0. The van der Waals surface area contributed by atoms with E-state index in [1.807, 2.05) is 0 Å². The van der Waals surface area contributed by atoms with Crippen molar-refractivity contribution in [1.82, 2.24) is 9.55 Å². The second kappa shape index (κ2) is 17.1. The Hall–Kier alpha value is -1.62. The Labute approximate surface area is 183 Å². The fourth-order valence-corrected chi connectivity index (χ4v) is 3.69. The molecule has 0 spiro atoms. The van der Waals surface area contributed by atoms with Gasteiger partial charge in [0.2, 0.25) is 0 Å². The number of carboxylic acid groups (broad SMARTS) is 1. The molecule has 1 aromatic rings. The van der Waals surface area contributed by atoms with Crippen LogP contribution in [-0.4, -0.2) is 25.7 Å². The summed E-state index contributed by atoms with van der Waals surface area (Å²) in [5.74, 6) is -0.115. The van der Waals surface area contributed by atoms with Crippen molar-refractivity contribution >= 4 is 5.97 Å². The van der Waals surface area contributed by atoms with Gasteiger partial charge >= 0.3 is 5.97 Å². The number of aliphatic carboxylic acids is 1. The van der Waals surface area contributed by atoms with Crippen LogP contribution in [-0.2, 0) is 17.8 Å². The Kier molecular flexibility index (Phi) is 15.1. The minimum absolute atomic E-state index is 0.0958. The van der Waals surface area contributed by atoms with Crippen LogP contribution in [0.2, 0.25) is 0 Å². The predicted molar refractivity (Wildman–Crippen MR) is 124 cm³/mol. The number of aromatic nitrogens is 2. The SMILES string of the molecule is CCCCCCCC/C=C\CCCCCCCCc1nc(C(C)O)cn1CC(=O)O. The maximum Gasteiger partial charge on any atom is 0.323 e. The molecule has 2 N–H and O–H groups in total. The van der Waals surface area contributed by atoms with E-state index in [4.69, 9.17) is 5.11 Å². The molecule has 0 aliphatic rings. The van der Waals surface area contributed by atoms with E-state index in [0.717, 1.165) is 25.1 Å². The molecule has 5 nitrogen and oxygen atoms in total. The van der Waals surface area contributed by atoms with Gasteiger partial charge < -0.3 is 14.8 Å². The molecule has 1 rings (SSSR count). The summed E-state index contributed by atoms with van der Waals surface area (Å²) in [6.45, 7) is 3.82. The van der Waals surface area contributed by atoms with E-state index in [9.17, 15) is 9.90 Å². The normalized spacial score (nSPS) is 12.6. The summed E-state index contributed by atoms with van der Waals surface area (Å²) in [5.41, 5.74) is 0.552. The van der Waals surface area contributed by atoms with Crippen molar-refractivity contribution in [1.29, 1.82) is 0 Å². The number of aliphatic hydroxyl groups excluding tert-OH is 1. The van der Waals surface area contributed by atoms with Crippen molar-refractivity contribution in [3.8, 4) is 0 Å². The molecule has 5 heteroatoms. The van der Waals surface area contributed by atoms with Crippen molar-refractivity contribution in [2.24, 2.45) is 0 Å². The van der Waals surface area contributed by atoms with Crippen LogP contribution in [0, 0.1) is 0 Å². The van der Waals surface area contributed by atoms with Crippen molar-refractivity contribution in [2.75, 3.05) is 0 Å². The second-order valence-electron chi connectivity index (χ2n) is 8.47. The van der Waals surface area contributed by atoms with E-state index < -0.39 is 12.1 Å². The van der Waals surface area contributed by atoms with Crippen LogP contribution < -0.4 is 0 Å². The highest BCUT2D eigenvalue weighted by Crippen LogP contribution is 2.15. The topological polar surface area (TPSA) is 75.4 Å². The Balaban J connectivity index is 2.03. The van der Waals surface area contributed by atoms with Crippen LogP contribution in [0.1, 0.15) is 121 Å². The number of aryl methyl sites for hydroxylation is 1. The number of hydrogen-bond donors (Lipinski definition) is 2. The molecule has 1 unspecified atom stereocenters. The fraction of sp³-hybridized carbons (Fsp3) is 0.760. The van der Waals surface area contributed by atoms with E-state index in [0.29, 0.717) is 5.69 Å². The molecule has 0 saturated carbocycles. The third kappa shape index (κ3) is 12.8. The number of carboxylic acids is 1. The Morgan fingerprint density at radius 2 is 1.50 bits per heavy atom. The molecule has 1 heterocycles. The van der Waals surface area contributed by atoms with Crippen molar-refractivity contribution in [2.45, 2.75) is 123 Å². The first-order chi connectivity index (χ1) is 14.5. The minimum Gasteiger partial charge on any atom is -0.480 e. The Morgan fingerprint density at radius 1 is 0.967 bits per heavy atom. The molecule has 0 aromatic carbocycles. The van der Waals surface area contributed by atoms with Gasteiger partial charge in [-0.05, 0) is 39.0 Å². The summed E-state index contributed by atoms with van der Waals surface area (Å²) < 4.78 is 1.65. The van der Waals surface area contributed by atoms with E-state index >= 15 is 0 Å². The zero-order valence-electron chi connectivity index (χ0n) is 19.3. The predicted octanol–water partition coefficient (Wildman–Crippen LogP) is 6.60. The Bertz CT molecular complexity index is 593. The van der Waals surface area contributed by atoms with Crippen LogP contribution in [0.25, 0.3) is 0 Å². The standard InChI is InChI=1S/C25H44N2O3/c1-3-4-5-6-7-8-9-10-11-12-13-14-15-16-17-18-19-24-26-23(22(2)28)20-27(24)21-25(29)30/h10-11,20,22,28H,3-9,12-19,21H2,1-2H3,(H,29,30)/b11-10-. The number of rotatable bonds is 19. The van der Waals surface area contributed by atoms with Gasteiger partial charge in [0, 0.05) is 12.6 Å². The Morgan fingerprint density at radius 3 is 2.03 bits per heavy atom. The highest BCUT2D eigenvalue weighted by Gasteiger charge is 2.13. The van der Waals surface area contributed by atoms with Gasteiger partial charge in [-0.15, -0.1) is 0 Å². The second-order valence-corrected chi connectivity index (χ2v) is 8.47. The molecule has 1 aromatic heterocycles. The minimum atomic E-state index is -0.883. The zero-order chi connectivity index (χ0) is 22.0. The molecule has 1 atom stereocenters. The van der Waals surface area contributed by atoms with Crippen LogP contribution in [0.4, 0.5) is 0 Å². The van der Waals surface area contributed by atoms with Crippen LogP contribution >= 0.6 is 0 Å². The first kappa shape index (κ1) is 26.4. The number of carbonyl (C=O) groups is 1. The first-order valence-electron chi connectivity index (χ1n) is 12.1. The lowest BCUT2D eigenvalue weighted by Gasteiger charge is -2.05. The van der Waals surface area contributed by atoms with Gasteiger partial charge in [-0.25, -0.2) is 4.98 Å². The fourth-order valence-electron chi connectivity index (χ4n) is 3.69. The van der Waals surface area contributed by atoms with Gasteiger partial charge in [0.15, 0.2) is 0 Å².